The summed E-state index contributed by atoms with van der Waals surface area (Å²) in [5, 5.41) is 10.1. The highest BCUT2D eigenvalue weighted by molar-refractivity contribution is 7.90. The number of rotatable bonds is 10. The molecule has 1 N–H and O–H groups in total. The van der Waals surface area contributed by atoms with Gasteiger partial charge in [-0.2, -0.15) is 5.10 Å². The molecule has 0 saturated heterocycles. The zero-order chi connectivity index (χ0) is 26.9. The molecular formula is C27H30ClN7O2S. The van der Waals surface area contributed by atoms with Crippen molar-refractivity contribution < 1.29 is 8.42 Å². The fourth-order valence-corrected chi connectivity index (χ4v) is 5.95. The Morgan fingerprint density at radius 3 is 2.63 bits per heavy atom. The first-order chi connectivity index (χ1) is 18.3. The first kappa shape index (κ1) is 26.1. The zero-order valence-electron chi connectivity index (χ0n) is 21.6. The Morgan fingerprint density at radius 1 is 1.08 bits per heavy atom. The van der Waals surface area contributed by atoms with Gasteiger partial charge in [0.05, 0.1) is 40.2 Å². The third-order valence-corrected chi connectivity index (χ3v) is 8.66. The minimum absolute atomic E-state index is 0.00300. The average molecular weight is 552 g/mol. The summed E-state index contributed by atoms with van der Waals surface area (Å²) in [7, 11) is -3.47. The van der Waals surface area contributed by atoms with Crippen molar-refractivity contribution >= 4 is 55.1 Å². The molecule has 3 heterocycles. The van der Waals surface area contributed by atoms with Crippen LogP contribution in [0.1, 0.15) is 20.8 Å². The largest absolute Gasteiger partial charge is 0.324 e. The van der Waals surface area contributed by atoms with Gasteiger partial charge in [0.15, 0.2) is 0 Å². The van der Waals surface area contributed by atoms with Crippen molar-refractivity contribution in [3.8, 4) is 11.3 Å². The van der Waals surface area contributed by atoms with Gasteiger partial charge in [-0.1, -0.05) is 43.6 Å². The van der Waals surface area contributed by atoms with Crippen LogP contribution in [0.15, 0.2) is 61.1 Å². The van der Waals surface area contributed by atoms with Gasteiger partial charge in [0.1, 0.15) is 0 Å². The van der Waals surface area contributed by atoms with E-state index in [0.29, 0.717) is 27.7 Å². The number of nitrogens with zero attached hydrogens (tertiary/aromatic N) is 6. The summed E-state index contributed by atoms with van der Waals surface area (Å²) in [6, 6.07) is 13.0. The van der Waals surface area contributed by atoms with Gasteiger partial charge in [-0.25, -0.2) is 22.4 Å². The summed E-state index contributed by atoms with van der Waals surface area (Å²) in [5.41, 5.74) is 3.57. The summed E-state index contributed by atoms with van der Waals surface area (Å²) in [4.78, 5) is 11.4. The Balaban J connectivity index is 1.45. The number of likely N-dealkylation sites (N-methyl/N-ethyl adjacent to an activating group) is 1. The van der Waals surface area contributed by atoms with E-state index in [1.165, 1.54) is 3.97 Å². The number of halogens is 1. The number of fused-ring (bicyclic) bond motifs is 2. The van der Waals surface area contributed by atoms with Crippen molar-refractivity contribution in [3.05, 3.63) is 66.1 Å². The molecule has 0 aliphatic rings. The maximum atomic E-state index is 12.7. The molecule has 2 aromatic carbocycles. The van der Waals surface area contributed by atoms with Crippen molar-refractivity contribution in [2.45, 2.75) is 27.3 Å². The quantitative estimate of drug-likeness (QED) is 0.249. The van der Waals surface area contributed by atoms with Crippen LogP contribution in [0.5, 0.6) is 0 Å². The maximum absolute atomic E-state index is 12.7. The van der Waals surface area contributed by atoms with E-state index in [9.17, 15) is 8.42 Å². The molecule has 5 rings (SSSR count). The van der Waals surface area contributed by atoms with E-state index in [2.05, 4.69) is 34.1 Å². The highest BCUT2D eigenvalue weighted by Gasteiger charge is 2.19. The fraction of sp³-hybridized carbons (Fsp3) is 0.296. The molecule has 0 aliphatic carbocycles. The molecule has 0 fully saturated rings. The third-order valence-electron chi connectivity index (χ3n) is 6.74. The molecule has 9 nitrogen and oxygen atoms in total. The van der Waals surface area contributed by atoms with Crippen molar-refractivity contribution in [2.24, 2.45) is 0 Å². The van der Waals surface area contributed by atoms with E-state index < -0.39 is 10.0 Å². The molecule has 5 aromatic rings. The lowest BCUT2D eigenvalue weighted by Gasteiger charge is -2.18. The van der Waals surface area contributed by atoms with Crippen molar-refractivity contribution in [1.29, 1.82) is 0 Å². The number of hydrogen-bond acceptors (Lipinski definition) is 7. The smallest absolute Gasteiger partial charge is 0.238 e. The Hall–Kier alpha value is -3.47. The zero-order valence-corrected chi connectivity index (χ0v) is 23.2. The van der Waals surface area contributed by atoms with Crippen LogP contribution in [0, 0.1) is 0 Å². The Bertz CT molecular complexity index is 1710. The van der Waals surface area contributed by atoms with Crippen LogP contribution < -0.4 is 5.32 Å². The Labute approximate surface area is 227 Å². The molecular weight excluding hydrogens is 522 g/mol. The molecule has 0 spiro atoms. The first-order valence-corrected chi connectivity index (χ1v) is 14.6. The summed E-state index contributed by atoms with van der Waals surface area (Å²) < 4.78 is 28.7. The predicted molar refractivity (Wildman–Crippen MR) is 154 cm³/mol. The number of anilines is 2. The lowest BCUT2D eigenvalue weighted by atomic mass is 10.1. The molecule has 0 aliphatic heterocycles. The molecule has 0 unspecified atom stereocenters. The molecule has 3 aromatic heterocycles. The number of nitrogens with one attached hydrogen (secondary N) is 1. The summed E-state index contributed by atoms with van der Waals surface area (Å²) in [6.45, 7) is 9.57. The van der Waals surface area contributed by atoms with Gasteiger partial charge in [0, 0.05) is 41.0 Å². The van der Waals surface area contributed by atoms with Crippen LogP contribution in [0.4, 0.5) is 11.6 Å². The minimum atomic E-state index is -3.47. The van der Waals surface area contributed by atoms with E-state index >= 15 is 0 Å². The van der Waals surface area contributed by atoms with Crippen molar-refractivity contribution in [1.82, 2.24) is 28.6 Å². The highest BCUT2D eigenvalue weighted by Crippen LogP contribution is 2.32. The standard InChI is InChI=1S/C27H30ClN7O2S/c1-4-33(5-2)13-14-34-26-19(17-30-34)15-20(16-23(26)28)31-27-29-12-11-24(32-27)22-18-35(38(36,37)6-3)25-10-8-7-9-21(22)25/h7-12,15-18H,4-6,13-14H2,1-3H3,(H,29,31,32). The van der Waals surface area contributed by atoms with E-state index in [-0.39, 0.29) is 5.75 Å². The Morgan fingerprint density at radius 2 is 1.87 bits per heavy atom. The normalized spacial score (nSPS) is 12.1. The van der Waals surface area contributed by atoms with Gasteiger partial charge in [-0.15, -0.1) is 0 Å². The van der Waals surface area contributed by atoms with E-state index in [0.717, 1.165) is 48.2 Å². The first-order valence-electron chi connectivity index (χ1n) is 12.7. The van der Waals surface area contributed by atoms with Gasteiger partial charge in [-0.05, 0) is 44.3 Å². The second kappa shape index (κ2) is 10.7. The number of benzene rings is 2. The molecule has 0 saturated carbocycles. The number of para-hydroxylation sites is 1. The monoisotopic (exact) mass is 551 g/mol. The molecule has 0 radical (unpaired) electrons. The molecule has 0 amide bonds. The molecule has 0 atom stereocenters. The van der Waals surface area contributed by atoms with Crippen LogP contribution in [0.3, 0.4) is 0 Å². The van der Waals surface area contributed by atoms with Gasteiger partial charge >= 0.3 is 0 Å². The second-order valence-corrected chi connectivity index (χ2v) is 11.5. The lowest BCUT2D eigenvalue weighted by molar-refractivity contribution is 0.287. The summed E-state index contributed by atoms with van der Waals surface area (Å²) in [5.74, 6) is 0.374. The minimum Gasteiger partial charge on any atom is -0.324 e. The van der Waals surface area contributed by atoms with E-state index in [1.807, 2.05) is 41.2 Å². The van der Waals surface area contributed by atoms with Gasteiger partial charge in [0.25, 0.3) is 0 Å². The van der Waals surface area contributed by atoms with Crippen LogP contribution in [-0.4, -0.2) is 62.4 Å². The van der Waals surface area contributed by atoms with Crippen molar-refractivity contribution in [2.75, 3.05) is 30.7 Å². The summed E-state index contributed by atoms with van der Waals surface area (Å²) in [6.07, 6.45) is 5.09. The second-order valence-electron chi connectivity index (χ2n) is 8.94. The predicted octanol–water partition coefficient (Wildman–Crippen LogP) is 5.38. The Kier molecular flexibility index (Phi) is 7.38. The lowest BCUT2D eigenvalue weighted by Crippen LogP contribution is -2.27. The van der Waals surface area contributed by atoms with Crippen LogP contribution in [0.25, 0.3) is 33.1 Å². The van der Waals surface area contributed by atoms with E-state index in [4.69, 9.17) is 16.6 Å². The molecule has 38 heavy (non-hydrogen) atoms. The number of aromatic nitrogens is 5. The van der Waals surface area contributed by atoms with Gasteiger partial charge < -0.3 is 10.2 Å². The van der Waals surface area contributed by atoms with E-state index in [1.54, 1.807) is 31.5 Å². The van der Waals surface area contributed by atoms with Crippen LogP contribution in [-0.2, 0) is 16.6 Å². The van der Waals surface area contributed by atoms with Crippen molar-refractivity contribution in [3.63, 3.8) is 0 Å². The SMILES string of the molecule is CCN(CC)CCn1ncc2cc(Nc3nccc(-c4cn(S(=O)(=O)CC)c5ccccc45)n3)cc(Cl)c21. The molecule has 0 bridgehead atoms. The topological polar surface area (TPSA) is 97.9 Å². The van der Waals surface area contributed by atoms with Crippen LogP contribution in [0.2, 0.25) is 5.02 Å². The highest BCUT2D eigenvalue weighted by atomic mass is 35.5. The van der Waals surface area contributed by atoms with Gasteiger partial charge in [-0.3, -0.25) is 4.68 Å². The number of hydrogen-bond donors (Lipinski definition) is 1. The maximum Gasteiger partial charge on any atom is 0.238 e. The van der Waals surface area contributed by atoms with Crippen LogP contribution >= 0.6 is 11.6 Å². The van der Waals surface area contributed by atoms with Gasteiger partial charge in [0.2, 0.25) is 16.0 Å². The fourth-order valence-electron chi connectivity index (χ4n) is 4.62. The summed E-state index contributed by atoms with van der Waals surface area (Å²) >= 11 is 6.69. The average Bonchev–Trinajstić information content (AvgIpc) is 3.52. The molecule has 11 heteroatoms. The third kappa shape index (κ3) is 4.99. The molecule has 198 valence electrons.